The number of nitrogen functional groups attached to an aromatic ring is 1. The summed E-state index contributed by atoms with van der Waals surface area (Å²) in [6.45, 7) is 9.42. The standard InChI is InChI=1S/C17H23N3/c1-12-9-16(20-11-15(12)18)19-10-13-5-7-14(8-6-13)17(2,3)4/h5-9,11H,10,18H2,1-4H3,(H,19,20). The van der Waals surface area contributed by atoms with Gasteiger partial charge in [0.05, 0.1) is 11.9 Å². The second-order valence-corrected chi connectivity index (χ2v) is 6.23. The molecule has 0 aliphatic carbocycles. The molecule has 2 aromatic rings. The monoisotopic (exact) mass is 269 g/mol. The summed E-state index contributed by atoms with van der Waals surface area (Å²) in [6, 6.07) is 10.7. The lowest BCUT2D eigenvalue weighted by Gasteiger charge is -2.19. The number of anilines is 2. The molecule has 0 atom stereocenters. The first-order valence-electron chi connectivity index (χ1n) is 6.91. The van der Waals surface area contributed by atoms with E-state index >= 15 is 0 Å². The molecule has 0 spiro atoms. The van der Waals surface area contributed by atoms with Crippen LogP contribution in [0.2, 0.25) is 0 Å². The molecular formula is C17H23N3. The molecule has 1 heterocycles. The first-order chi connectivity index (χ1) is 9.36. The fourth-order valence-electron chi connectivity index (χ4n) is 1.98. The van der Waals surface area contributed by atoms with Gasteiger partial charge in [-0.2, -0.15) is 0 Å². The smallest absolute Gasteiger partial charge is 0.126 e. The van der Waals surface area contributed by atoms with E-state index in [0.29, 0.717) is 0 Å². The number of benzene rings is 1. The maximum absolute atomic E-state index is 5.76. The van der Waals surface area contributed by atoms with Crippen LogP contribution < -0.4 is 11.1 Å². The van der Waals surface area contributed by atoms with Gasteiger partial charge in [-0.15, -0.1) is 0 Å². The molecule has 1 aromatic heterocycles. The third-order valence-corrected chi connectivity index (χ3v) is 3.44. The molecule has 0 saturated heterocycles. The van der Waals surface area contributed by atoms with Gasteiger partial charge in [-0.1, -0.05) is 45.0 Å². The summed E-state index contributed by atoms with van der Waals surface area (Å²) in [5, 5.41) is 3.32. The van der Waals surface area contributed by atoms with Crippen molar-refractivity contribution < 1.29 is 0 Å². The maximum Gasteiger partial charge on any atom is 0.126 e. The maximum atomic E-state index is 5.76. The van der Waals surface area contributed by atoms with Crippen molar-refractivity contribution in [1.29, 1.82) is 0 Å². The fraction of sp³-hybridized carbons (Fsp3) is 0.353. The van der Waals surface area contributed by atoms with Crippen LogP contribution in [-0.4, -0.2) is 4.98 Å². The van der Waals surface area contributed by atoms with Crippen molar-refractivity contribution in [3.8, 4) is 0 Å². The van der Waals surface area contributed by atoms with Crippen LogP contribution in [0.5, 0.6) is 0 Å². The molecule has 0 aliphatic rings. The number of pyridine rings is 1. The molecular weight excluding hydrogens is 246 g/mol. The van der Waals surface area contributed by atoms with Gasteiger partial charge in [0.1, 0.15) is 5.82 Å². The number of nitrogens with two attached hydrogens (primary N) is 1. The van der Waals surface area contributed by atoms with Gasteiger partial charge in [0, 0.05) is 6.54 Å². The summed E-state index contributed by atoms with van der Waals surface area (Å²) in [7, 11) is 0. The number of aryl methyl sites for hydroxylation is 1. The van der Waals surface area contributed by atoms with Crippen LogP contribution in [0, 0.1) is 6.92 Å². The highest BCUT2D eigenvalue weighted by molar-refractivity contribution is 5.51. The van der Waals surface area contributed by atoms with Gasteiger partial charge in [0.15, 0.2) is 0 Å². The molecule has 0 unspecified atom stereocenters. The van der Waals surface area contributed by atoms with Crippen LogP contribution in [0.15, 0.2) is 36.5 Å². The molecule has 2 rings (SSSR count). The van der Waals surface area contributed by atoms with Crippen LogP contribution in [-0.2, 0) is 12.0 Å². The molecule has 3 heteroatoms. The van der Waals surface area contributed by atoms with Crippen LogP contribution in [0.3, 0.4) is 0 Å². The first-order valence-corrected chi connectivity index (χ1v) is 6.91. The van der Waals surface area contributed by atoms with Crippen molar-refractivity contribution in [3.05, 3.63) is 53.2 Å². The van der Waals surface area contributed by atoms with E-state index in [2.05, 4.69) is 55.3 Å². The molecule has 0 amide bonds. The Balaban J connectivity index is 2.02. The van der Waals surface area contributed by atoms with Crippen molar-refractivity contribution in [2.75, 3.05) is 11.1 Å². The Morgan fingerprint density at radius 3 is 2.35 bits per heavy atom. The SMILES string of the molecule is Cc1cc(NCc2ccc(C(C)(C)C)cc2)ncc1N. The largest absolute Gasteiger partial charge is 0.397 e. The van der Waals surface area contributed by atoms with Crippen molar-refractivity contribution in [1.82, 2.24) is 4.98 Å². The molecule has 20 heavy (non-hydrogen) atoms. The average Bonchev–Trinajstić information content (AvgIpc) is 2.40. The molecule has 106 valence electrons. The summed E-state index contributed by atoms with van der Waals surface area (Å²) in [5.41, 5.74) is 10.3. The molecule has 3 nitrogen and oxygen atoms in total. The van der Waals surface area contributed by atoms with E-state index in [0.717, 1.165) is 23.6 Å². The number of aromatic nitrogens is 1. The van der Waals surface area contributed by atoms with Crippen LogP contribution in [0.25, 0.3) is 0 Å². The zero-order chi connectivity index (χ0) is 14.8. The van der Waals surface area contributed by atoms with E-state index in [4.69, 9.17) is 5.73 Å². The molecule has 0 bridgehead atoms. The second-order valence-electron chi connectivity index (χ2n) is 6.23. The zero-order valence-corrected chi connectivity index (χ0v) is 12.7. The third-order valence-electron chi connectivity index (χ3n) is 3.44. The Labute approximate surface area is 121 Å². The molecule has 1 aromatic carbocycles. The Hall–Kier alpha value is -2.03. The van der Waals surface area contributed by atoms with Gasteiger partial charge < -0.3 is 11.1 Å². The minimum absolute atomic E-state index is 0.196. The lowest BCUT2D eigenvalue weighted by molar-refractivity contribution is 0.590. The summed E-state index contributed by atoms with van der Waals surface area (Å²) < 4.78 is 0. The minimum Gasteiger partial charge on any atom is -0.397 e. The van der Waals surface area contributed by atoms with Gasteiger partial charge in [-0.25, -0.2) is 4.98 Å². The van der Waals surface area contributed by atoms with Crippen LogP contribution in [0.4, 0.5) is 11.5 Å². The van der Waals surface area contributed by atoms with E-state index in [1.807, 2.05) is 13.0 Å². The third kappa shape index (κ3) is 3.50. The van der Waals surface area contributed by atoms with Gasteiger partial charge in [0.2, 0.25) is 0 Å². The van der Waals surface area contributed by atoms with Crippen molar-refractivity contribution >= 4 is 11.5 Å². The lowest BCUT2D eigenvalue weighted by atomic mass is 9.87. The number of hydrogen-bond donors (Lipinski definition) is 2. The predicted molar refractivity (Wildman–Crippen MR) is 85.9 cm³/mol. The molecule has 0 fully saturated rings. The Morgan fingerprint density at radius 2 is 1.80 bits per heavy atom. The first kappa shape index (κ1) is 14.4. The zero-order valence-electron chi connectivity index (χ0n) is 12.7. The Kier molecular flexibility index (Phi) is 3.98. The Bertz CT molecular complexity index is 580. The highest BCUT2D eigenvalue weighted by atomic mass is 15.0. The predicted octanol–water partition coefficient (Wildman–Crippen LogP) is 3.88. The van der Waals surface area contributed by atoms with E-state index in [1.54, 1.807) is 6.20 Å². The minimum atomic E-state index is 0.196. The topological polar surface area (TPSA) is 50.9 Å². The van der Waals surface area contributed by atoms with E-state index in [1.165, 1.54) is 11.1 Å². The summed E-state index contributed by atoms with van der Waals surface area (Å²) in [5.74, 6) is 0.858. The molecule has 0 aliphatic heterocycles. The number of rotatable bonds is 3. The molecule has 0 saturated carbocycles. The van der Waals surface area contributed by atoms with Gasteiger partial charge in [-0.05, 0) is 35.1 Å². The molecule has 3 N–H and O–H groups in total. The van der Waals surface area contributed by atoms with Crippen molar-refractivity contribution in [3.63, 3.8) is 0 Å². The Morgan fingerprint density at radius 1 is 1.15 bits per heavy atom. The summed E-state index contributed by atoms with van der Waals surface area (Å²) in [6.07, 6.45) is 1.69. The number of nitrogens with one attached hydrogen (secondary N) is 1. The van der Waals surface area contributed by atoms with E-state index < -0.39 is 0 Å². The van der Waals surface area contributed by atoms with Gasteiger partial charge in [-0.3, -0.25) is 0 Å². The van der Waals surface area contributed by atoms with Crippen LogP contribution >= 0.6 is 0 Å². The highest BCUT2D eigenvalue weighted by Gasteiger charge is 2.12. The summed E-state index contributed by atoms with van der Waals surface area (Å²) in [4.78, 5) is 4.27. The summed E-state index contributed by atoms with van der Waals surface area (Å²) >= 11 is 0. The van der Waals surface area contributed by atoms with Crippen molar-refractivity contribution in [2.24, 2.45) is 0 Å². The van der Waals surface area contributed by atoms with Crippen molar-refractivity contribution in [2.45, 2.75) is 39.7 Å². The number of nitrogens with zero attached hydrogens (tertiary/aromatic N) is 1. The number of hydrogen-bond acceptors (Lipinski definition) is 3. The van der Waals surface area contributed by atoms with E-state index in [9.17, 15) is 0 Å². The fourth-order valence-corrected chi connectivity index (χ4v) is 1.98. The highest BCUT2D eigenvalue weighted by Crippen LogP contribution is 2.22. The normalized spacial score (nSPS) is 11.4. The molecule has 0 radical (unpaired) electrons. The van der Waals surface area contributed by atoms with Crippen LogP contribution in [0.1, 0.15) is 37.5 Å². The lowest BCUT2D eigenvalue weighted by Crippen LogP contribution is -2.11. The van der Waals surface area contributed by atoms with Gasteiger partial charge >= 0.3 is 0 Å². The van der Waals surface area contributed by atoms with E-state index in [-0.39, 0.29) is 5.41 Å². The second kappa shape index (κ2) is 5.53. The quantitative estimate of drug-likeness (QED) is 0.889. The average molecular weight is 269 g/mol. The van der Waals surface area contributed by atoms with Gasteiger partial charge in [0.25, 0.3) is 0 Å².